The zero-order chi connectivity index (χ0) is 27.6. The van der Waals surface area contributed by atoms with Crippen LogP contribution in [0.15, 0.2) is 128 Å². The molecule has 0 unspecified atom stereocenters. The van der Waals surface area contributed by atoms with Gasteiger partial charge in [0.25, 0.3) is 0 Å². The molecule has 0 aliphatic rings. The van der Waals surface area contributed by atoms with Crippen LogP contribution < -0.4 is 0 Å². The van der Waals surface area contributed by atoms with E-state index in [-0.39, 0.29) is 21.1 Å². The molecule has 7 nitrogen and oxygen atoms in total. The first-order valence-electron chi connectivity index (χ1n) is 13.7. The Morgan fingerprint density at radius 3 is 2.12 bits per heavy atom. The van der Waals surface area contributed by atoms with Gasteiger partial charge >= 0.3 is 21.1 Å². The van der Waals surface area contributed by atoms with Gasteiger partial charge in [-0.1, -0.05) is 47.6 Å². The van der Waals surface area contributed by atoms with Gasteiger partial charge in [0, 0.05) is 34.9 Å². The van der Waals surface area contributed by atoms with Gasteiger partial charge in [0.15, 0.2) is 0 Å². The molecule has 0 fully saturated rings. The number of fused-ring (bicyclic) bond motifs is 6. The maximum absolute atomic E-state index is 4.78. The van der Waals surface area contributed by atoms with Crippen LogP contribution in [0.3, 0.4) is 0 Å². The first-order chi connectivity index (χ1) is 20.8. The van der Waals surface area contributed by atoms with Crippen LogP contribution in [0.1, 0.15) is 0 Å². The molecule has 0 bridgehead atoms. The molecule has 5 heterocycles. The van der Waals surface area contributed by atoms with Crippen molar-refractivity contribution in [1.82, 2.24) is 33.7 Å². The van der Waals surface area contributed by atoms with Crippen LogP contribution in [0, 0.1) is 12.1 Å². The molecule has 9 aromatic rings. The number of pyridine rings is 1. The molecule has 9 rings (SSSR count). The molecule has 43 heavy (non-hydrogen) atoms. The molecular weight excluding hydrogens is 714 g/mol. The van der Waals surface area contributed by atoms with E-state index in [0.29, 0.717) is 0 Å². The van der Waals surface area contributed by atoms with Crippen LogP contribution in [-0.2, 0) is 21.1 Å². The second kappa shape index (κ2) is 9.93. The van der Waals surface area contributed by atoms with Crippen molar-refractivity contribution in [3.05, 3.63) is 140 Å². The van der Waals surface area contributed by atoms with Crippen LogP contribution in [0.5, 0.6) is 0 Å². The summed E-state index contributed by atoms with van der Waals surface area (Å²) < 4.78 is 8.08. The summed E-state index contributed by atoms with van der Waals surface area (Å²) in [5.74, 6) is 0. The van der Waals surface area contributed by atoms with E-state index in [1.54, 1.807) is 6.20 Å². The minimum absolute atomic E-state index is 0. The van der Waals surface area contributed by atoms with Gasteiger partial charge in [-0.3, -0.25) is 13.9 Å². The van der Waals surface area contributed by atoms with Crippen molar-refractivity contribution in [3.8, 4) is 22.7 Å². The molecule has 8 heteroatoms. The summed E-state index contributed by atoms with van der Waals surface area (Å²) in [6.45, 7) is 0. The molecule has 0 saturated heterocycles. The van der Waals surface area contributed by atoms with Crippen LogP contribution in [0.25, 0.3) is 66.5 Å². The Bertz CT molecular complexity index is 2380. The third kappa shape index (κ3) is 3.89. The zero-order valence-electron chi connectivity index (χ0n) is 22.6. The summed E-state index contributed by atoms with van der Waals surface area (Å²) in [6.07, 6.45) is 9.45. The predicted molar refractivity (Wildman–Crippen MR) is 165 cm³/mol. The first kappa shape index (κ1) is 25.4. The minimum atomic E-state index is 0. The van der Waals surface area contributed by atoms with E-state index in [9.17, 15) is 0 Å². The molecule has 0 saturated carbocycles. The number of nitrogens with zero attached hydrogens (tertiary/aromatic N) is 7. The Hall–Kier alpha value is -5.26. The first-order valence-corrected chi connectivity index (χ1v) is 13.7. The zero-order valence-corrected chi connectivity index (χ0v) is 24.8. The topological polar surface area (TPSA) is 58.4 Å². The predicted octanol–water partition coefficient (Wildman–Crippen LogP) is 7.25. The monoisotopic (exact) mass is 734 g/mol. The molecule has 0 amide bonds. The maximum atomic E-state index is 4.78. The van der Waals surface area contributed by atoms with E-state index >= 15 is 0 Å². The molecule has 5 aromatic heterocycles. The Balaban J connectivity index is 0.00000278. The molecule has 0 N–H and O–H groups in total. The minimum Gasteiger partial charge on any atom is -0.358 e. The normalized spacial score (nSPS) is 11.5. The van der Waals surface area contributed by atoms with Gasteiger partial charge in [0.05, 0.1) is 23.6 Å². The van der Waals surface area contributed by atoms with Gasteiger partial charge in [0.1, 0.15) is 5.65 Å². The largest absolute Gasteiger partial charge is 2.00 e. The molecule has 0 atom stereocenters. The fourth-order valence-corrected chi connectivity index (χ4v) is 6.00. The maximum Gasteiger partial charge on any atom is 2.00 e. The fourth-order valence-electron chi connectivity index (χ4n) is 6.00. The average molecular weight is 735 g/mol. The van der Waals surface area contributed by atoms with E-state index in [2.05, 4.69) is 99.2 Å². The average Bonchev–Trinajstić information content (AvgIpc) is 3.85. The van der Waals surface area contributed by atoms with E-state index < -0.39 is 0 Å². The number of hydrogen-bond acceptors (Lipinski definition) is 3. The van der Waals surface area contributed by atoms with Crippen molar-refractivity contribution < 1.29 is 21.1 Å². The molecular formula is C35H21N7Pt. The van der Waals surface area contributed by atoms with E-state index in [1.807, 2.05) is 58.4 Å². The Kier molecular flexibility index (Phi) is 5.88. The van der Waals surface area contributed by atoms with E-state index in [0.717, 1.165) is 61.1 Å². The fraction of sp³-hybridized carbons (Fsp3) is 0. The van der Waals surface area contributed by atoms with Crippen LogP contribution >= 0.6 is 0 Å². The summed E-state index contributed by atoms with van der Waals surface area (Å²) in [7, 11) is 0. The van der Waals surface area contributed by atoms with Gasteiger partial charge in [-0.15, -0.1) is 35.7 Å². The molecule has 0 aliphatic heterocycles. The molecule has 206 valence electrons. The number of para-hydroxylation sites is 2. The van der Waals surface area contributed by atoms with Crippen molar-refractivity contribution in [2.45, 2.75) is 0 Å². The number of hydrogen-bond donors (Lipinski definition) is 0. The van der Waals surface area contributed by atoms with Gasteiger partial charge < -0.3 is 4.57 Å². The molecule has 0 radical (unpaired) electrons. The van der Waals surface area contributed by atoms with Crippen molar-refractivity contribution in [1.29, 1.82) is 0 Å². The van der Waals surface area contributed by atoms with Gasteiger partial charge in [-0.05, 0) is 47.1 Å². The summed E-state index contributed by atoms with van der Waals surface area (Å²) >= 11 is 0. The van der Waals surface area contributed by atoms with Crippen molar-refractivity contribution >= 4 is 43.7 Å². The Labute approximate surface area is 260 Å². The number of rotatable bonds is 4. The van der Waals surface area contributed by atoms with Gasteiger partial charge in [0.2, 0.25) is 0 Å². The SMILES string of the molecule is [Pt+2].[c-]1c(-n2cccn2)cccc1-n1c2[c-]c(-n3cc(-n4c5ccccc5c5cccnc54)cn3)ccc2c2ccccc21. The second-order valence-electron chi connectivity index (χ2n) is 10.2. The standard InChI is InChI=1S/C35H21N7.Pt/c1-3-13-32-28(10-1)30-16-15-25(21-34(30)41(32)26-9-5-8-24(20-26)39-19-7-18-37-39)40-23-27(22-38-40)42-33-14-4-2-11-29(33)31-12-6-17-36-35(31)42;/h1-19,22-23H;/q-2;+2. The van der Waals surface area contributed by atoms with Crippen molar-refractivity contribution in [2.24, 2.45) is 0 Å². The Morgan fingerprint density at radius 2 is 1.28 bits per heavy atom. The third-order valence-corrected chi connectivity index (χ3v) is 7.83. The Morgan fingerprint density at radius 1 is 0.535 bits per heavy atom. The third-order valence-electron chi connectivity index (χ3n) is 7.83. The quantitative estimate of drug-likeness (QED) is 0.179. The van der Waals surface area contributed by atoms with Gasteiger partial charge in [-0.25, -0.2) is 4.98 Å². The summed E-state index contributed by atoms with van der Waals surface area (Å²) in [5.41, 5.74) is 7.62. The van der Waals surface area contributed by atoms with E-state index in [4.69, 9.17) is 10.1 Å². The summed E-state index contributed by atoms with van der Waals surface area (Å²) in [4.78, 5) is 4.72. The van der Waals surface area contributed by atoms with Crippen LogP contribution in [-0.4, -0.2) is 33.7 Å². The number of benzene rings is 4. The van der Waals surface area contributed by atoms with E-state index in [1.165, 1.54) is 5.39 Å². The van der Waals surface area contributed by atoms with Crippen LogP contribution in [0.2, 0.25) is 0 Å². The smallest absolute Gasteiger partial charge is 0.358 e. The second-order valence-corrected chi connectivity index (χ2v) is 10.2. The number of aromatic nitrogens is 7. The van der Waals surface area contributed by atoms with Crippen molar-refractivity contribution in [2.75, 3.05) is 0 Å². The molecule has 4 aromatic carbocycles. The molecule has 0 aliphatic carbocycles. The summed E-state index contributed by atoms with van der Waals surface area (Å²) in [6, 6.07) is 40.4. The van der Waals surface area contributed by atoms with Crippen LogP contribution in [0.4, 0.5) is 0 Å². The molecule has 0 spiro atoms. The summed E-state index contributed by atoms with van der Waals surface area (Å²) in [5, 5.41) is 13.7. The van der Waals surface area contributed by atoms with Crippen molar-refractivity contribution in [3.63, 3.8) is 0 Å². The van der Waals surface area contributed by atoms with Gasteiger partial charge in [-0.2, -0.15) is 22.3 Å².